The van der Waals surface area contributed by atoms with Crippen LogP contribution in [0.3, 0.4) is 0 Å². The number of rotatable bonds is 2. The van der Waals surface area contributed by atoms with Crippen LogP contribution in [-0.2, 0) is 14.3 Å². The number of methoxy groups -OCH3 is 1. The minimum absolute atomic E-state index is 0.153. The van der Waals surface area contributed by atoms with Gasteiger partial charge in [-0.05, 0) is 0 Å². The molecule has 0 unspecified atom stereocenters. The van der Waals surface area contributed by atoms with Gasteiger partial charge in [-0.1, -0.05) is 5.92 Å². The number of nitrogens with zero attached hydrogens (tertiary/aromatic N) is 1. The van der Waals surface area contributed by atoms with E-state index in [1.54, 1.807) is 0 Å². The molecule has 66 valence electrons. The third kappa shape index (κ3) is 15.8. The van der Waals surface area contributed by atoms with E-state index in [1.807, 2.05) is 5.92 Å². The normalized spacial score (nSPS) is 6.42. The van der Waals surface area contributed by atoms with Gasteiger partial charge in [-0.3, -0.25) is 4.79 Å². The van der Waals surface area contributed by atoms with Crippen LogP contribution in [0.4, 0.5) is 0 Å². The van der Waals surface area contributed by atoms with Crippen molar-refractivity contribution < 1.29 is 19.4 Å². The number of ether oxygens (including phenoxy) is 1. The van der Waals surface area contributed by atoms with Crippen molar-refractivity contribution in [2.75, 3.05) is 20.3 Å². The molecule has 0 bridgehead atoms. The SMILES string of the molecule is C#CCO.COC(=O)CN=C=O. The van der Waals surface area contributed by atoms with E-state index in [0.717, 1.165) is 0 Å². The van der Waals surface area contributed by atoms with Crippen molar-refractivity contribution in [3.8, 4) is 12.3 Å². The number of isocyanates is 1. The van der Waals surface area contributed by atoms with E-state index >= 15 is 0 Å². The molecule has 0 saturated heterocycles. The van der Waals surface area contributed by atoms with Gasteiger partial charge < -0.3 is 9.84 Å². The highest BCUT2D eigenvalue weighted by atomic mass is 16.5. The first-order valence-electron chi connectivity index (χ1n) is 2.87. The molecule has 0 aliphatic carbocycles. The summed E-state index contributed by atoms with van der Waals surface area (Å²) in [5.41, 5.74) is 0. The predicted octanol–water partition coefficient (Wildman–Crippen LogP) is -0.893. The molecule has 1 N–H and O–H groups in total. The fourth-order valence-corrected chi connectivity index (χ4v) is 0.161. The zero-order valence-corrected chi connectivity index (χ0v) is 6.61. The highest BCUT2D eigenvalue weighted by Gasteiger charge is 1.93. The molecule has 0 heterocycles. The lowest BCUT2D eigenvalue weighted by Gasteiger charge is -1.87. The first-order valence-corrected chi connectivity index (χ1v) is 2.87. The summed E-state index contributed by atoms with van der Waals surface area (Å²) in [4.78, 5) is 22.4. The van der Waals surface area contributed by atoms with Crippen molar-refractivity contribution in [1.29, 1.82) is 0 Å². The summed E-state index contributed by atoms with van der Waals surface area (Å²) in [6.45, 7) is -0.389. The van der Waals surface area contributed by atoms with Gasteiger partial charge in [0.1, 0.15) is 13.2 Å². The molecule has 0 aliphatic rings. The molecular formula is C7H9NO4. The molecule has 5 nitrogen and oxygen atoms in total. The second kappa shape index (κ2) is 12.1. The largest absolute Gasteiger partial charge is 0.468 e. The Morgan fingerprint density at radius 1 is 1.75 bits per heavy atom. The summed E-state index contributed by atoms with van der Waals surface area (Å²) in [7, 11) is 1.22. The summed E-state index contributed by atoms with van der Waals surface area (Å²) >= 11 is 0. The van der Waals surface area contributed by atoms with E-state index < -0.39 is 5.97 Å². The average molecular weight is 171 g/mol. The lowest BCUT2D eigenvalue weighted by Crippen LogP contribution is -2.03. The third-order valence-corrected chi connectivity index (χ3v) is 0.592. The smallest absolute Gasteiger partial charge is 0.328 e. The highest BCUT2D eigenvalue weighted by Crippen LogP contribution is 1.71. The summed E-state index contributed by atoms with van der Waals surface area (Å²) < 4.78 is 4.14. The predicted molar refractivity (Wildman–Crippen MR) is 40.9 cm³/mol. The topological polar surface area (TPSA) is 76.0 Å². The maximum atomic E-state index is 10.1. The lowest BCUT2D eigenvalue weighted by molar-refractivity contribution is -0.138. The minimum Gasteiger partial charge on any atom is -0.468 e. The third-order valence-electron chi connectivity index (χ3n) is 0.592. The van der Waals surface area contributed by atoms with Gasteiger partial charge in [-0.2, -0.15) is 4.99 Å². The first kappa shape index (κ1) is 13.0. The molecule has 0 rings (SSSR count). The average Bonchev–Trinajstić information content (AvgIpc) is 2.14. The van der Waals surface area contributed by atoms with Crippen LogP contribution in [0.15, 0.2) is 4.99 Å². The summed E-state index contributed by atoms with van der Waals surface area (Å²) in [5, 5.41) is 7.64. The molecular weight excluding hydrogens is 162 g/mol. The summed E-state index contributed by atoms with van der Waals surface area (Å²) in [5.74, 6) is 1.45. The molecule has 5 heteroatoms. The van der Waals surface area contributed by atoms with Gasteiger partial charge >= 0.3 is 5.97 Å². The monoisotopic (exact) mass is 171 g/mol. The van der Waals surface area contributed by atoms with Gasteiger partial charge in [-0.15, -0.1) is 6.42 Å². The van der Waals surface area contributed by atoms with Gasteiger partial charge in [0.15, 0.2) is 0 Å². The quantitative estimate of drug-likeness (QED) is 0.253. The molecule has 0 aliphatic heterocycles. The Morgan fingerprint density at radius 2 is 2.25 bits per heavy atom. The van der Waals surface area contributed by atoms with Crippen molar-refractivity contribution in [2.24, 2.45) is 4.99 Å². The first-order chi connectivity index (χ1) is 5.72. The second-order valence-electron chi connectivity index (χ2n) is 1.35. The van der Waals surface area contributed by atoms with Gasteiger partial charge in [0.25, 0.3) is 0 Å². The van der Waals surface area contributed by atoms with E-state index in [-0.39, 0.29) is 13.2 Å². The van der Waals surface area contributed by atoms with Crippen LogP contribution < -0.4 is 0 Å². The van der Waals surface area contributed by atoms with Crippen LogP contribution in [0, 0.1) is 12.3 Å². The molecule has 0 aromatic rings. The van der Waals surface area contributed by atoms with E-state index in [4.69, 9.17) is 5.11 Å². The van der Waals surface area contributed by atoms with E-state index in [1.165, 1.54) is 13.2 Å². The Balaban J connectivity index is 0. The van der Waals surface area contributed by atoms with Gasteiger partial charge in [0.05, 0.1) is 7.11 Å². The number of carbonyl (C=O) groups is 1. The van der Waals surface area contributed by atoms with Crippen molar-refractivity contribution >= 4 is 12.0 Å². The second-order valence-corrected chi connectivity index (χ2v) is 1.35. The lowest BCUT2D eigenvalue weighted by atomic mass is 10.7. The maximum absolute atomic E-state index is 10.1. The number of esters is 1. The van der Waals surface area contributed by atoms with E-state index in [0.29, 0.717) is 0 Å². The molecule has 0 radical (unpaired) electrons. The fourth-order valence-electron chi connectivity index (χ4n) is 0.161. The van der Waals surface area contributed by atoms with Crippen LogP contribution in [-0.4, -0.2) is 37.4 Å². The summed E-state index contributed by atoms with van der Waals surface area (Å²) in [6, 6.07) is 0. The Labute approximate surface area is 70.1 Å². The number of hydrogen-bond acceptors (Lipinski definition) is 5. The highest BCUT2D eigenvalue weighted by molar-refractivity contribution is 5.72. The Bertz CT molecular complexity index is 200. The molecule has 0 fully saturated rings. The molecule has 0 atom stereocenters. The van der Waals surface area contributed by atoms with Crippen LogP contribution >= 0.6 is 0 Å². The summed E-state index contributed by atoms with van der Waals surface area (Å²) in [6.07, 6.45) is 5.73. The van der Waals surface area contributed by atoms with Gasteiger partial charge in [-0.25, -0.2) is 4.79 Å². The number of aliphatic hydroxyl groups excluding tert-OH is 1. The Kier molecular flexibility index (Phi) is 13.1. The van der Waals surface area contributed by atoms with Crippen molar-refractivity contribution in [2.45, 2.75) is 0 Å². The Hall–Kier alpha value is -1.63. The van der Waals surface area contributed by atoms with Crippen molar-refractivity contribution in [3.63, 3.8) is 0 Å². The molecule has 12 heavy (non-hydrogen) atoms. The molecule has 0 amide bonds. The van der Waals surface area contributed by atoms with E-state index in [9.17, 15) is 9.59 Å². The standard InChI is InChI=1S/C4H5NO3.C3H4O/c1-8-4(7)2-5-3-6;1-2-3-4/h2H2,1H3;1,4H,3H2. The molecule has 0 aromatic carbocycles. The number of aliphatic imine (C=N–C) groups is 1. The molecule has 0 saturated carbocycles. The maximum Gasteiger partial charge on any atom is 0.328 e. The number of aliphatic hydroxyl groups is 1. The zero-order valence-electron chi connectivity index (χ0n) is 6.61. The van der Waals surface area contributed by atoms with Crippen LogP contribution in [0.25, 0.3) is 0 Å². The fraction of sp³-hybridized carbons (Fsp3) is 0.429. The van der Waals surface area contributed by atoms with Crippen molar-refractivity contribution in [1.82, 2.24) is 0 Å². The van der Waals surface area contributed by atoms with Gasteiger partial charge in [0, 0.05) is 0 Å². The zero-order chi connectivity index (χ0) is 9.82. The van der Waals surface area contributed by atoms with Crippen LogP contribution in [0.5, 0.6) is 0 Å². The van der Waals surface area contributed by atoms with Crippen LogP contribution in [0.2, 0.25) is 0 Å². The number of hydrogen-bond donors (Lipinski definition) is 1. The van der Waals surface area contributed by atoms with Gasteiger partial charge in [0.2, 0.25) is 6.08 Å². The molecule has 0 aromatic heterocycles. The van der Waals surface area contributed by atoms with E-state index in [2.05, 4.69) is 16.2 Å². The minimum atomic E-state index is -0.534. The van der Waals surface area contributed by atoms with Crippen molar-refractivity contribution in [3.05, 3.63) is 0 Å². The number of carbonyl (C=O) groups excluding carboxylic acids is 2. The number of terminal acetylenes is 1. The molecule has 0 spiro atoms. The van der Waals surface area contributed by atoms with Crippen LogP contribution in [0.1, 0.15) is 0 Å². The Morgan fingerprint density at radius 3 is 2.50 bits per heavy atom.